The van der Waals surface area contributed by atoms with E-state index in [2.05, 4.69) is 5.32 Å². The van der Waals surface area contributed by atoms with Crippen molar-refractivity contribution < 1.29 is 14.6 Å². The van der Waals surface area contributed by atoms with Crippen LogP contribution in [0.2, 0.25) is 0 Å². The molecule has 1 amide bonds. The molecule has 0 aliphatic rings. The van der Waals surface area contributed by atoms with Crippen molar-refractivity contribution in [3.8, 4) is 11.5 Å². The Kier molecular flexibility index (Phi) is 4.55. The van der Waals surface area contributed by atoms with Gasteiger partial charge in [-0.05, 0) is 30.2 Å². The van der Waals surface area contributed by atoms with E-state index < -0.39 is 0 Å². The van der Waals surface area contributed by atoms with Crippen LogP contribution in [0.1, 0.15) is 24.2 Å². The Bertz CT molecular complexity index is 430. The molecule has 1 rings (SSSR count). The van der Waals surface area contributed by atoms with Crippen molar-refractivity contribution in [3.63, 3.8) is 0 Å². The van der Waals surface area contributed by atoms with Crippen molar-refractivity contribution >= 4 is 5.91 Å². The Morgan fingerprint density at radius 3 is 2.67 bits per heavy atom. The van der Waals surface area contributed by atoms with E-state index in [-0.39, 0.29) is 17.1 Å². The second-order valence-corrected chi connectivity index (χ2v) is 4.94. The molecule has 100 valence electrons. The molecular weight excluding hydrogens is 232 g/mol. The molecule has 0 heterocycles. The highest BCUT2D eigenvalue weighted by Crippen LogP contribution is 2.26. The van der Waals surface area contributed by atoms with Gasteiger partial charge in [-0.2, -0.15) is 0 Å². The lowest BCUT2D eigenvalue weighted by atomic mass is 9.94. The molecule has 0 atom stereocenters. The van der Waals surface area contributed by atoms with Gasteiger partial charge in [-0.25, -0.2) is 0 Å². The van der Waals surface area contributed by atoms with Crippen LogP contribution in [0.4, 0.5) is 0 Å². The summed E-state index contributed by atoms with van der Waals surface area (Å²) in [6.07, 6.45) is 0. The van der Waals surface area contributed by atoms with Gasteiger partial charge in [0.25, 0.3) is 5.91 Å². The molecule has 1 aromatic carbocycles. The molecule has 0 unspecified atom stereocenters. The van der Waals surface area contributed by atoms with Crippen molar-refractivity contribution in [3.05, 3.63) is 23.8 Å². The molecule has 0 fully saturated rings. The minimum Gasteiger partial charge on any atom is -0.504 e. The maximum absolute atomic E-state index is 11.9. The maximum Gasteiger partial charge on any atom is 0.251 e. The first-order valence-corrected chi connectivity index (χ1v) is 5.75. The van der Waals surface area contributed by atoms with Gasteiger partial charge in [-0.1, -0.05) is 13.8 Å². The Morgan fingerprint density at radius 1 is 1.50 bits per heavy atom. The molecule has 5 nitrogen and oxygen atoms in total. The number of nitrogens with two attached hydrogens (primary N) is 1. The number of hydrogen-bond acceptors (Lipinski definition) is 4. The van der Waals surface area contributed by atoms with Crippen molar-refractivity contribution in [2.24, 2.45) is 11.1 Å². The minimum atomic E-state index is -0.241. The van der Waals surface area contributed by atoms with Crippen molar-refractivity contribution in [1.82, 2.24) is 5.32 Å². The molecule has 4 N–H and O–H groups in total. The number of benzene rings is 1. The fourth-order valence-corrected chi connectivity index (χ4v) is 1.33. The Hall–Kier alpha value is -1.75. The van der Waals surface area contributed by atoms with Gasteiger partial charge in [-0.3, -0.25) is 4.79 Å². The molecule has 18 heavy (non-hydrogen) atoms. The van der Waals surface area contributed by atoms with E-state index in [9.17, 15) is 9.90 Å². The van der Waals surface area contributed by atoms with Crippen LogP contribution in [0.25, 0.3) is 0 Å². The summed E-state index contributed by atoms with van der Waals surface area (Å²) >= 11 is 0. The van der Waals surface area contributed by atoms with Gasteiger partial charge in [0.05, 0.1) is 7.11 Å². The largest absolute Gasteiger partial charge is 0.504 e. The smallest absolute Gasteiger partial charge is 0.251 e. The number of amides is 1. The van der Waals surface area contributed by atoms with Gasteiger partial charge < -0.3 is 20.9 Å². The fourth-order valence-electron chi connectivity index (χ4n) is 1.33. The topological polar surface area (TPSA) is 84.6 Å². The maximum atomic E-state index is 11.9. The lowest BCUT2D eigenvalue weighted by molar-refractivity contribution is 0.0937. The summed E-state index contributed by atoms with van der Waals surface area (Å²) in [5.74, 6) is 0.0477. The zero-order valence-electron chi connectivity index (χ0n) is 11.0. The number of carbonyl (C=O) groups is 1. The van der Waals surface area contributed by atoms with Crippen LogP contribution >= 0.6 is 0 Å². The van der Waals surface area contributed by atoms with Crippen LogP contribution in [-0.2, 0) is 0 Å². The Morgan fingerprint density at radius 2 is 2.17 bits per heavy atom. The lowest BCUT2D eigenvalue weighted by Gasteiger charge is -2.22. The van der Waals surface area contributed by atoms with Crippen molar-refractivity contribution in [2.75, 3.05) is 20.2 Å². The first kappa shape index (κ1) is 14.3. The van der Waals surface area contributed by atoms with Gasteiger partial charge in [-0.15, -0.1) is 0 Å². The second kappa shape index (κ2) is 5.73. The molecule has 0 aliphatic heterocycles. The van der Waals surface area contributed by atoms with Gasteiger partial charge >= 0.3 is 0 Å². The third-order valence-corrected chi connectivity index (χ3v) is 2.72. The number of rotatable bonds is 5. The summed E-state index contributed by atoms with van der Waals surface area (Å²) in [5.41, 5.74) is 5.83. The molecule has 1 aromatic rings. The van der Waals surface area contributed by atoms with Crippen LogP contribution in [0, 0.1) is 5.41 Å². The molecule has 0 radical (unpaired) electrons. The summed E-state index contributed by atoms with van der Waals surface area (Å²) in [6, 6.07) is 4.53. The number of methoxy groups -OCH3 is 1. The van der Waals surface area contributed by atoms with Gasteiger partial charge in [0.1, 0.15) is 0 Å². The van der Waals surface area contributed by atoms with E-state index in [4.69, 9.17) is 10.5 Å². The monoisotopic (exact) mass is 252 g/mol. The average Bonchev–Trinajstić information content (AvgIpc) is 2.36. The number of aromatic hydroxyl groups is 1. The van der Waals surface area contributed by atoms with Crippen LogP contribution < -0.4 is 15.8 Å². The van der Waals surface area contributed by atoms with E-state index in [0.29, 0.717) is 24.4 Å². The van der Waals surface area contributed by atoms with Gasteiger partial charge in [0, 0.05) is 12.1 Å². The van der Waals surface area contributed by atoms with E-state index >= 15 is 0 Å². The van der Waals surface area contributed by atoms with E-state index in [1.165, 1.54) is 13.2 Å². The summed E-state index contributed by atoms with van der Waals surface area (Å²) in [4.78, 5) is 11.9. The Balaban J connectivity index is 2.71. The molecule has 0 saturated heterocycles. The number of hydrogen-bond donors (Lipinski definition) is 3. The minimum absolute atomic E-state index is 0.0526. The quantitative estimate of drug-likeness (QED) is 0.733. The standard InChI is InChI=1S/C13H20N2O3/c1-13(2,7-14)8-15-12(17)9-4-5-11(18-3)10(16)6-9/h4-6,16H,7-8,14H2,1-3H3,(H,15,17). The molecular formula is C13H20N2O3. The van der Waals surface area contributed by atoms with E-state index in [1.807, 2.05) is 13.8 Å². The highest BCUT2D eigenvalue weighted by Gasteiger charge is 2.17. The highest BCUT2D eigenvalue weighted by molar-refractivity contribution is 5.94. The summed E-state index contributed by atoms with van der Waals surface area (Å²) < 4.78 is 4.91. The molecule has 0 aromatic heterocycles. The number of ether oxygens (including phenoxy) is 1. The van der Waals surface area contributed by atoms with Gasteiger partial charge in [0.2, 0.25) is 0 Å². The van der Waals surface area contributed by atoms with Gasteiger partial charge in [0.15, 0.2) is 11.5 Å². The molecule has 0 bridgehead atoms. The molecule has 0 spiro atoms. The summed E-state index contributed by atoms with van der Waals surface area (Å²) in [5, 5.41) is 12.4. The first-order valence-electron chi connectivity index (χ1n) is 5.75. The fraction of sp³-hybridized carbons (Fsp3) is 0.462. The summed E-state index contributed by atoms with van der Waals surface area (Å²) in [6.45, 7) is 4.91. The highest BCUT2D eigenvalue weighted by atomic mass is 16.5. The van der Waals surface area contributed by atoms with E-state index in [0.717, 1.165) is 0 Å². The van der Waals surface area contributed by atoms with E-state index in [1.54, 1.807) is 12.1 Å². The SMILES string of the molecule is COc1ccc(C(=O)NCC(C)(C)CN)cc1O. The van der Waals surface area contributed by atoms with Crippen LogP contribution in [0.15, 0.2) is 18.2 Å². The molecule has 5 heteroatoms. The molecule has 0 aliphatic carbocycles. The number of phenols is 1. The second-order valence-electron chi connectivity index (χ2n) is 4.94. The first-order chi connectivity index (χ1) is 8.39. The average molecular weight is 252 g/mol. The number of nitrogens with one attached hydrogen (secondary N) is 1. The lowest BCUT2D eigenvalue weighted by Crippen LogP contribution is -2.38. The zero-order chi connectivity index (χ0) is 13.8. The summed E-state index contributed by atoms with van der Waals surface area (Å²) in [7, 11) is 1.46. The van der Waals surface area contributed by atoms with Crippen molar-refractivity contribution in [1.29, 1.82) is 0 Å². The Labute approximate surface area is 107 Å². The van der Waals surface area contributed by atoms with Crippen LogP contribution in [0.3, 0.4) is 0 Å². The normalized spacial score (nSPS) is 11.1. The van der Waals surface area contributed by atoms with Crippen LogP contribution in [-0.4, -0.2) is 31.2 Å². The predicted octanol–water partition coefficient (Wildman–Crippen LogP) is 1.12. The number of phenolic OH excluding ortho intramolecular Hbond substituents is 1. The van der Waals surface area contributed by atoms with Crippen LogP contribution in [0.5, 0.6) is 11.5 Å². The third-order valence-electron chi connectivity index (χ3n) is 2.72. The predicted molar refractivity (Wildman–Crippen MR) is 69.8 cm³/mol. The zero-order valence-corrected chi connectivity index (χ0v) is 11.0. The molecule has 0 saturated carbocycles. The third kappa shape index (κ3) is 3.63. The number of carbonyl (C=O) groups excluding carboxylic acids is 1. The van der Waals surface area contributed by atoms with Crippen molar-refractivity contribution in [2.45, 2.75) is 13.8 Å².